The molecule has 4 rings (SSSR count). The fourth-order valence-corrected chi connectivity index (χ4v) is 3.45. The first-order chi connectivity index (χ1) is 10.2. The summed E-state index contributed by atoms with van der Waals surface area (Å²) in [5.74, 6) is 0. The number of nitrogens with zero attached hydrogens (tertiary/aromatic N) is 3. The van der Waals surface area contributed by atoms with Crippen LogP contribution in [-0.4, -0.2) is 27.3 Å². The molecule has 112 valence electrons. The third kappa shape index (κ3) is 2.10. The van der Waals surface area contributed by atoms with E-state index in [9.17, 15) is 4.79 Å². The van der Waals surface area contributed by atoms with Crippen LogP contribution in [0.2, 0.25) is 0 Å². The van der Waals surface area contributed by atoms with Crippen LogP contribution in [0, 0.1) is 0 Å². The summed E-state index contributed by atoms with van der Waals surface area (Å²) in [4.78, 5) is 12.4. The van der Waals surface area contributed by atoms with Crippen LogP contribution in [0.25, 0.3) is 5.65 Å². The van der Waals surface area contributed by atoms with Gasteiger partial charge in [-0.25, -0.2) is 0 Å². The van der Waals surface area contributed by atoms with E-state index in [1.54, 1.807) is 6.07 Å². The molecule has 21 heavy (non-hydrogen) atoms. The number of fused-ring (bicyclic) bond motifs is 1. The van der Waals surface area contributed by atoms with Gasteiger partial charge in [0.25, 0.3) is 5.56 Å². The van der Waals surface area contributed by atoms with Crippen molar-refractivity contribution in [1.82, 2.24) is 19.5 Å². The van der Waals surface area contributed by atoms with Crippen LogP contribution in [0.4, 0.5) is 0 Å². The molecule has 0 spiro atoms. The van der Waals surface area contributed by atoms with E-state index in [0.29, 0.717) is 0 Å². The van der Waals surface area contributed by atoms with Gasteiger partial charge in [-0.2, -0.15) is 9.61 Å². The Morgan fingerprint density at radius 3 is 2.95 bits per heavy atom. The SMILES string of the molecule is Cn1c(C2CCCN2)cc(=O)n2nc(C3CCCO3)cc12. The van der Waals surface area contributed by atoms with E-state index < -0.39 is 0 Å². The lowest BCUT2D eigenvalue weighted by Gasteiger charge is -2.16. The van der Waals surface area contributed by atoms with Gasteiger partial charge >= 0.3 is 0 Å². The van der Waals surface area contributed by atoms with Gasteiger partial charge in [-0.05, 0) is 32.2 Å². The lowest BCUT2D eigenvalue weighted by Crippen LogP contribution is -2.24. The topological polar surface area (TPSA) is 60.6 Å². The Kier molecular flexibility index (Phi) is 3.08. The third-order valence-electron chi connectivity index (χ3n) is 4.60. The summed E-state index contributed by atoms with van der Waals surface area (Å²) in [5, 5.41) is 7.91. The average Bonchev–Trinajstić information content (AvgIpc) is 3.23. The lowest BCUT2D eigenvalue weighted by atomic mass is 10.1. The zero-order chi connectivity index (χ0) is 14.4. The number of hydrogen-bond acceptors (Lipinski definition) is 4. The maximum absolute atomic E-state index is 12.4. The molecule has 0 aromatic carbocycles. The largest absolute Gasteiger partial charge is 0.372 e. The first-order valence-electron chi connectivity index (χ1n) is 7.68. The van der Waals surface area contributed by atoms with Crippen molar-refractivity contribution in [2.45, 2.75) is 37.8 Å². The van der Waals surface area contributed by atoms with Crippen molar-refractivity contribution in [2.75, 3.05) is 13.2 Å². The van der Waals surface area contributed by atoms with E-state index in [2.05, 4.69) is 15.0 Å². The Bertz CT molecular complexity index is 721. The molecule has 1 N–H and O–H groups in total. The monoisotopic (exact) mass is 288 g/mol. The molecule has 2 aliphatic rings. The van der Waals surface area contributed by atoms with Crippen molar-refractivity contribution >= 4 is 5.65 Å². The molecule has 2 atom stereocenters. The van der Waals surface area contributed by atoms with E-state index >= 15 is 0 Å². The van der Waals surface area contributed by atoms with Crippen LogP contribution in [0.3, 0.4) is 0 Å². The molecular formula is C15H20N4O2. The number of ether oxygens (including phenoxy) is 1. The molecule has 6 heteroatoms. The summed E-state index contributed by atoms with van der Waals surface area (Å²) in [7, 11) is 2.01. The highest BCUT2D eigenvalue weighted by Gasteiger charge is 2.24. The van der Waals surface area contributed by atoms with Gasteiger partial charge in [-0.1, -0.05) is 0 Å². The molecular weight excluding hydrogens is 268 g/mol. The number of hydrogen-bond donors (Lipinski definition) is 1. The molecule has 6 nitrogen and oxygen atoms in total. The van der Waals surface area contributed by atoms with Gasteiger partial charge in [0.1, 0.15) is 11.8 Å². The van der Waals surface area contributed by atoms with Crippen LogP contribution in [-0.2, 0) is 11.8 Å². The molecule has 2 aromatic rings. The van der Waals surface area contributed by atoms with Crippen LogP contribution in [0.15, 0.2) is 16.9 Å². The Hall–Kier alpha value is -1.66. The highest BCUT2D eigenvalue weighted by Crippen LogP contribution is 2.28. The molecule has 0 radical (unpaired) electrons. The zero-order valence-corrected chi connectivity index (χ0v) is 12.2. The molecule has 2 fully saturated rings. The minimum Gasteiger partial charge on any atom is -0.372 e. The fraction of sp³-hybridized carbons (Fsp3) is 0.600. The normalized spacial score (nSPS) is 26.0. The van der Waals surface area contributed by atoms with Crippen LogP contribution >= 0.6 is 0 Å². The first kappa shape index (κ1) is 13.0. The lowest BCUT2D eigenvalue weighted by molar-refractivity contribution is 0.108. The smallest absolute Gasteiger partial charge is 0.274 e. The molecule has 4 heterocycles. The summed E-state index contributed by atoms with van der Waals surface area (Å²) in [6, 6.07) is 3.98. The van der Waals surface area contributed by atoms with Crippen molar-refractivity contribution in [2.24, 2.45) is 7.05 Å². The second-order valence-corrected chi connectivity index (χ2v) is 5.96. The Balaban J connectivity index is 1.83. The van der Waals surface area contributed by atoms with Crippen molar-refractivity contribution in [3.63, 3.8) is 0 Å². The van der Waals surface area contributed by atoms with Crippen molar-refractivity contribution in [3.8, 4) is 0 Å². The molecule has 0 amide bonds. The predicted octanol–water partition coefficient (Wildman–Crippen LogP) is 1.31. The highest BCUT2D eigenvalue weighted by molar-refractivity contribution is 5.43. The van der Waals surface area contributed by atoms with E-state index in [1.807, 2.05) is 13.1 Å². The second kappa shape index (κ2) is 4.96. The minimum atomic E-state index is -0.0592. The Morgan fingerprint density at radius 2 is 2.24 bits per heavy atom. The number of nitrogens with one attached hydrogen (secondary N) is 1. The van der Waals surface area contributed by atoms with Crippen LogP contribution in [0.5, 0.6) is 0 Å². The number of rotatable bonds is 2. The van der Waals surface area contributed by atoms with Gasteiger partial charge in [0.15, 0.2) is 0 Å². The van der Waals surface area contributed by atoms with Crippen molar-refractivity contribution < 1.29 is 4.74 Å². The summed E-state index contributed by atoms with van der Waals surface area (Å²) < 4.78 is 9.25. The van der Waals surface area contributed by atoms with Crippen molar-refractivity contribution in [1.29, 1.82) is 0 Å². The first-order valence-corrected chi connectivity index (χ1v) is 7.68. The van der Waals surface area contributed by atoms with E-state index in [0.717, 1.165) is 55.9 Å². The number of aromatic nitrogens is 3. The van der Waals surface area contributed by atoms with Crippen LogP contribution in [0.1, 0.15) is 49.2 Å². The van der Waals surface area contributed by atoms with Gasteiger partial charge in [-0.3, -0.25) is 4.79 Å². The number of aryl methyl sites for hydroxylation is 1. The van der Waals surface area contributed by atoms with Gasteiger partial charge < -0.3 is 14.6 Å². The third-order valence-corrected chi connectivity index (χ3v) is 4.60. The van der Waals surface area contributed by atoms with Gasteiger partial charge in [-0.15, -0.1) is 0 Å². The Morgan fingerprint density at radius 1 is 1.33 bits per heavy atom. The standard InChI is InChI=1S/C15H20N4O2/c1-18-12(10-4-2-6-16-10)9-15(20)19-14(18)8-11(17-19)13-5-3-7-21-13/h8-10,13,16H,2-7H2,1H3. The maximum atomic E-state index is 12.4. The van der Waals surface area contributed by atoms with E-state index in [-0.39, 0.29) is 17.7 Å². The minimum absolute atomic E-state index is 0.0392. The van der Waals surface area contributed by atoms with E-state index in [4.69, 9.17) is 4.74 Å². The second-order valence-electron chi connectivity index (χ2n) is 5.96. The quantitative estimate of drug-likeness (QED) is 0.905. The maximum Gasteiger partial charge on any atom is 0.274 e. The van der Waals surface area contributed by atoms with E-state index in [1.165, 1.54) is 4.52 Å². The fourth-order valence-electron chi connectivity index (χ4n) is 3.45. The van der Waals surface area contributed by atoms with Gasteiger partial charge in [0.05, 0.1) is 5.69 Å². The molecule has 2 unspecified atom stereocenters. The highest BCUT2D eigenvalue weighted by atomic mass is 16.5. The van der Waals surface area contributed by atoms with Gasteiger partial charge in [0, 0.05) is 37.5 Å². The molecule has 0 aliphatic carbocycles. The molecule has 2 saturated heterocycles. The van der Waals surface area contributed by atoms with Gasteiger partial charge in [0.2, 0.25) is 0 Å². The van der Waals surface area contributed by atoms with Crippen LogP contribution < -0.4 is 10.9 Å². The molecule has 0 bridgehead atoms. The van der Waals surface area contributed by atoms with Crippen molar-refractivity contribution in [3.05, 3.63) is 33.9 Å². The summed E-state index contributed by atoms with van der Waals surface area (Å²) in [6.07, 6.45) is 4.32. The predicted molar refractivity (Wildman–Crippen MR) is 78.3 cm³/mol. The average molecular weight is 288 g/mol. The molecule has 0 saturated carbocycles. The summed E-state index contributed by atoms with van der Waals surface area (Å²) >= 11 is 0. The zero-order valence-electron chi connectivity index (χ0n) is 12.2. The molecule has 2 aliphatic heterocycles. The molecule has 2 aromatic heterocycles. The summed E-state index contributed by atoms with van der Waals surface area (Å²) in [6.45, 7) is 1.80. The summed E-state index contributed by atoms with van der Waals surface area (Å²) in [5.41, 5.74) is 2.70. The Labute approximate surface area is 122 Å².